The highest BCUT2D eigenvalue weighted by atomic mass is 16.5. The highest BCUT2D eigenvalue weighted by Crippen LogP contribution is 2.24. The van der Waals surface area contributed by atoms with Gasteiger partial charge in [-0.25, -0.2) is 4.79 Å². The Bertz CT molecular complexity index is 970. The zero-order valence-corrected chi connectivity index (χ0v) is 15.9. The normalized spacial score (nSPS) is 11.3. The summed E-state index contributed by atoms with van der Waals surface area (Å²) in [6.07, 6.45) is 0. The fourth-order valence-corrected chi connectivity index (χ4v) is 2.85. The van der Waals surface area contributed by atoms with Gasteiger partial charge in [-0.2, -0.15) is 0 Å². The van der Waals surface area contributed by atoms with E-state index in [0.717, 1.165) is 11.1 Å². The highest BCUT2D eigenvalue weighted by molar-refractivity contribution is 5.91. The van der Waals surface area contributed by atoms with E-state index in [-0.39, 0.29) is 11.3 Å². The number of benzene rings is 3. The van der Waals surface area contributed by atoms with Crippen LogP contribution in [0.15, 0.2) is 78.9 Å². The van der Waals surface area contributed by atoms with Crippen molar-refractivity contribution < 1.29 is 24.2 Å². The molecule has 0 saturated heterocycles. The number of phenols is 1. The zero-order valence-electron chi connectivity index (χ0n) is 15.9. The molecule has 0 radical (unpaired) electrons. The number of rotatable bonds is 7. The molecular formula is C23H21NO5. The lowest BCUT2D eigenvalue weighted by Gasteiger charge is -2.20. The Labute approximate surface area is 168 Å². The van der Waals surface area contributed by atoms with Crippen LogP contribution in [0.3, 0.4) is 0 Å². The van der Waals surface area contributed by atoms with E-state index in [1.54, 1.807) is 7.11 Å². The van der Waals surface area contributed by atoms with E-state index in [9.17, 15) is 14.7 Å². The molecule has 1 amide bonds. The van der Waals surface area contributed by atoms with Crippen LogP contribution in [0, 0.1) is 0 Å². The Morgan fingerprint density at radius 1 is 0.931 bits per heavy atom. The summed E-state index contributed by atoms with van der Waals surface area (Å²) in [6, 6.07) is 22.2. The maximum Gasteiger partial charge on any atom is 0.338 e. The molecule has 0 saturated carbocycles. The summed E-state index contributed by atoms with van der Waals surface area (Å²) in [5, 5.41) is 12.4. The van der Waals surface area contributed by atoms with Crippen LogP contribution in [0.5, 0.6) is 11.5 Å². The van der Waals surface area contributed by atoms with Gasteiger partial charge in [-0.1, -0.05) is 48.5 Å². The van der Waals surface area contributed by atoms with Crippen molar-refractivity contribution in [2.75, 3.05) is 13.7 Å². The standard InChI is InChI=1S/C23H21NO5/c1-28-20-12-10-17(11-13-20)22(16-6-3-2-4-7-16)24-21(26)15-29-23(27)18-8-5-9-19(25)14-18/h2-14,22,25H,15H2,1H3,(H,24,26)/t22-/m0/s1. The number of methoxy groups -OCH3 is 1. The number of nitrogens with one attached hydrogen (secondary N) is 1. The number of phenolic OH excluding ortho intramolecular Hbond substituents is 1. The predicted molar refractivity (Wildman–Crippen MR) is 108 cm³/mol. The minimum atomic E-state index is -0.684. The predicted octanol–water partition coefficient (Wildman–Crippen LogP) is 3.46. The van der Waals surface area contributed by atoms with E-state index in [2.05, 4.69) is 5.32 Å². The molecule has 3 aromatic rings. The molecule has 0 aliphatic carbocycles. The molecule has 3 aromatic carbocycles. The monoisotopic (exact) mass is 391 g/mol. The molecule has 0 fully saturated rings. The molecule has 3 rings (SSSR count). The minimum Gasteiger partial charge on any atom is -0.508 e. The number of carbonyl (C=O) groups is 2. The van der Waals surface area contributed by atoms with Gasteiger partial charge in [0.15, 0.2) is 6.61 Å². The van der Waals surface area contributed by atoms with Crippen molar-refractivity contribution in [3.8, 4) is 11.5 Å². The van der Waals surface area contributed by atoms with E-state index in [1.807, 2.05) is 54.6 Å². The van der Waals surface area contributed by atoms with Crippen LogP contribution in [0.25, 0.3) is 0 Å². The highest BCUT2D eigenvalue weighted by Gasteiger charge is 2.18. The summed E-state index contributed by atoms with van der Waals surface area (Å²) in [5.74, 6) is -0.459. The molecule has 29 heavy (non-hydrogen) atoms. The summed E-state index contributed by atoms with van der Waals surface area (Å²) in [6.45, 7) is -0.437. The third kappa shape index (κ3) is 5.35. The molecule has 0 aliphatic rings. The quantitative estimate of drug-likeness (QED) is 0.603. The second-order valence-electron chi connectivity index (χ2n) is 6.31. The number of ether oxygens (including phenoxy) is 2. The van der Waals surface area contributed by atoms with Gasteiger partial charge in [0.2, 0.25) is 0 Å². The zero-order chi connectivity index (χ0) is 20.6. The van der Waals surface area contributed by atoms with Gasteiger partial charge < -0.3 is 19.9 Å². The first-order valence-electron chi connectivity index (χ1n) is 9.01. The Morgan fingerprint density at radius 3 is 2.28 bits per heavy atom. The Kier molecular flexibility index (Phi) is 6.47. The summed E-state index contributed by atoms with van der Waals surface area (Å²) in [7, 11) is 1.59. The molecule has 0 spiro atoms. The maximum atomic E-state index is 12.5. The third-order valence-corrected chi connectivity index (χ3v) is 4.30. The average molecular weight is 391 g/mol. The molecule has 6 heteroatoms. The van der Waals surface area contributed by atoms with Crippen molar-refractivity contribution in [1.29, 1.82) is 0 Å². The molecule has 0 heterocycles. The van der Waals surface area contributed by atoms with Gasteiger partial charge in [0.05, 0.1) is 18.7 Å². The van der Waals surface area contributed by atoms with E-state index >= 15 is 0 Å². The average Bonchev–Trinajstić information content (AvgIpc) is 2.76. The van der Waals surface area contributed by atoms with Crippen molar-refractivity contribution in [3.63, 3.8) is 0 Å². The van der Waals surface area contributed by atoms with E-state index in [0.29, 0.717) is 5.75 Å². The van der Waals surface area contributed by atoms with Crippen LogP contribution in [0.2, 0.25) is 0 Å². The van der Waals surface area contributed by atoms with Gasteiger partial charge in [0.1, 0.15) is 11.5 Å². The maximum absolute atomic E-state index is 12.5. The summed E-state index contributed by atoms with van der Waals surface area (Å²) >= 11 is 0. The fourth-order valence-electron chi connectivity index (χ4n) is 2.85. The molecule has 0 bridgehead atoms. The molecule has 6 nitrogen and oxygen atoms in total. The largest absolute Gasteiger partial charge is 0.508 e. The topological polar surface area (TPSA) is 84.9 Å². The number of esters is 1. The van der Waals surface area contributed by atoms with Crippen molar-refractivity contribution >= 4 is 11.9 Å². The van der Waals surface area contributed by atoms with Crippen LogP contribution < -0.4 is 10.1 Å². The van der Waals surface area contributed by atoms with E-state index < -0.39 is 24.5 Å². The van der Waals surface area contributed by atoms with Crippen molar-refractivity contribution in [1.82, 2.24) is 5.32 Å². The van der Waals surface area contributed by atoms with Crippen LogP contribution in [0.4, 0.5) is 0 Å². The summed E-state index contributed by atoms with van der Waals surface area (Å²) in [5.41, 5.74) is 1.93. The number of hydrogen-bond acceptors (Lipinski definition) is 5. The second kappa shape index (κ2) is 9.41. The fraction of sp³-hybridized carbons (Fsp3) is 0.130. The van der Waals surface area contributed by atoms with Gasteiger partial charge >= 0.3 is 5.97 Å². The first-order chi connectivity index (χ1) is 14.1. The van der Waals surface area contributed by atoms with Gasteiger partial charge in [0.25, 0.3) is 5.91 Å². The molecule has 0 aromatic heterocycles. The van der Waals surface area contributed by atoms with E-state index in [1.165, 1.54) is 24.3 Å². The van der Waals surface area contributed by atoms with Crippen molar-refractivity contribution in [3.05, 3.63) is 95.6 Å². The van der Waals surface area contributed by atoms with Gasteiger partial charge in [-0.15, -0.1) is 0 Å². The molecule has 1 atom stereocenters. The number of hydrogen-bond donors (Lipinski definition) is 2. The third-order valence-electron chi connectivity index (χ3n) is 4.30. The van der Waals surface area contributed by atoms with Gasteiger partial charge in [-0.05, 0) is 41.5 Å². The first kappa shape index (κ1) is 19.9. The Balaban J connectivity index is 1.70. The Morgan fingerprint density at radius 2 is 1.62 bits per heavy atom. The Hall–Kier alpha value is -3.80. The number of aromatic hydroxyl groups is 1. The summed E-state index contributed by atoms with van der Waals surface area (Å²) < 4.78 is 10.3. The molecule has 0 unspecified atom stereocenters. The van der Waals surface area contributed by atoms with Gasteiger partial charge in [-0.3, -0.25) is 4.79 Å². The van der Waals surface area contributed by atoms with Crippen LogP contribution in [0.1, 0.15) is 27.5 Å². The number of amides is 1. The first-order valence-corrected chi connectivity index (χ1v) is 9.01. The molecule has 148 valence electrons. The van der Waals surface area contributed by atoms with Crippen LogP contribution in [-0.2, 0) is 9.53 Å². The van der Waals surface area contributed by atoms with Crippen LogP contribution in [-0.4, -0.2) is 30.7 Å². The number of carbonyl (C=O) groups excluding carboxylic acids is 2. The molecular weight excluding hydrogens is 370 g/mol. The lowest BCUT2D eigenvalue weighted by atomic mass is 9.98. The summed E-state index contributed by atoms with van der Waals surface area (Å²) in [4.78, 5) is 24.5. The SMILES string of the molecule is COc1ccc([C@@H](NC(=O)COC(=O)c2cccc(O)c2)c2ccccc2)cc1. The smallest absolute Gasteiger partial charge is 0.338 e. The molecule has 2 N–H and O–H groups in total. The van der Waals surface area contributed by atoms with Crippen molar-refractivity contribution in [2.24, 2.45) is 0 Å². The van der Waals surface area contributed by atoms with E-state index in [4.69, 9.17) is 9.47 Å². The molecule has 0 aliphatic heterocycles. The van der Waals surface area contributed by atoms with Crippen LogP contribution >= 0.6 is 0 Å². The van der Waals surface area contributed by atoms with Gasteiger partial charge in [0, 0.05) is 0 Å². The van der Waals surface area contributed by atoms with Crippen molar-refractivity contribution in [2.45, 2.75) is 6.04 Å². The lowest BCUT2D eigenvalue weighted by molar-refractivity contribution is -0.124. The minimum absolute atomic E-state index is 0.0486. The lowest BCUT2D eigenvalue weighted by Crippen LogP contribution is -2.33. The second-order valence-corrected chi connectivity index (χ2v) is 6.31.